The molecule has 2 aliphatic rings. The van der Waals surface area contributed by atoms with Gasteiger partial charge in [0, 0.05) is 18.0 Å². The van der Waals surface area contributed by atoms with Crippen LogP contribution in [0.15, 0.2) is 24.3 Å². The van der Waals surface area contributed by atoms with Gasteiger partial charge >= 0.3 is 0 Å². The predicted octanol–water partition coefficient (Wildman–Crippen LogP) is 2.17. The summed E-state index contributed by atoms with van der Waals surface area (Å²) in [4.78, 5) is 24.2. The van der Waals surface area contributed by atoms with Gasteiger partial charge in [-0.05, 0) is 49.3 Å². The maximum atomic E-state index is 12.2. The lowest BCUT2D eigenvalue weighted by molar-refractivity contribution is -0.136. The number of aliphatic hydroxyl groups excluding tert-OH is 1. The second-order valence-corrected chi connectivity index (χ2v) is 7.92. The SMILES string of the molecule is O=C(C[C@@H]1CC[C@H](NC(=O)CC2CC2)[C@@H](CO)O1)NCc1ccc(Cl)cc1. The molecule has 1 heterocycles. The fourth-order valence-electron chi connectivity index (χ4n) is 3.38. The molecule has 1 saturated heterocycles. The molecule has 1 saturated carbocycles. The van der Waals surface area contributed by atoms with Gasteiger partial charge in [-0.3, -0.25) is 9.59 Å². The van der Waals surface area contributed by atoms with Gasteiger partial charge in [0.15, 0.2) is 0 Å². The monoisotopic (exact) mass is 394 g/mol. The standard InChI is InChI=1S/C20H27ClN2O4/c21-15-5-3-14(4-6-15)11-22-19(25)10-16-7-8-17(18(12-24)27-16)23-20(26)9-13-1-2-13/h3-6,13,16-18,24H,1-2,7-12H2,(H,22,25)(H,23,26)/t16-,17-,18+/m0/s1. The van der Waals surface area contributed by atoms with Crippen LogP contribution in [0.25, 0.3) is 0 Å². The Bertz CT molecular complexity index is 648. The second kappa shape index (κ2) is 9.53. The van der Waals surface area contributed by atoms with E-state index in [1.165, 1.54) is 0 Å². The van der Waals surface area contributed by atoms with Crippen LogP contribution in [-0.2, 0) is 20.9 Å². The third kappa shape index (κ3) is 6.48. The summed E-state index contributed by atoms with van der Waals surface area (Å²) in [5, 5.41) is 16.1. The lowest BCUT2D eigenvalue weighted by atomic mass is 9.96. The van der Waals surface area contributed by atoms with Gasteiger partial charge < -0.3 is 20.5 Å². The van der Waals surface area contributed by atoms with Crippen molar-refractivity contribution in [2.45, 2.75) is 63.3 Å². The number of hydrogen-bond acceptors (Lipinski definition) is 4. The van der Waals surface area contributed by atoms with E-state index in [0.717, 1.165) is 18.4 Å². The minimum atomic E-state index is -0.462. The zero-order valence-electron chi connectivity index (χ0n) is 15.3. The van der Waals surface area contributed by atoms with Crippen LogP contribution in [0.1, 0.15) is 44.1 Å². The number of aliphatic hydroxyl groups is 1. The summed E-state index contributed by atoms with van der Waals surface area (Å²) in [6.07, 6.45) is 3.74. The van der Waals surface area contributed by atoms with E-state index < -0.39 is 6.10 Å². The number of rotatable bonds is 8. The molecule has 0 aromatic heterocycles. The number of hydrogen-bond donors (Lipinski definition) is 3. The average molecular weight is 395 g/mol. The molecule has 3 rings (SSSR count). The molecule has 1 aromatic carbocycles. The Labute approximate surface area is 164 Å². The van der Waals surface area contributed by atoms with E-state index in [1.807, 2.05) is 12.1 Å². The topological polar surface area (TPSA) is 87.7 Å². The van der Waals surface area contributed by atoms with Crippen molar-refractivity contribution in [1.82, 2.24) is 10.6 Å². The second-order valence-electron chi connectivity index (χ2n) is 7.49. The Morgan fingerprint density at radius 1 is 1.07 bits per heavy atom. The van der Waals surface area contributed by atoms with Crippen molar-refractivity contribution in [2.75, 3.05) is 6.61 Å². The first-order valence-electron chi connectivity index (χ1n) is 9.60. The first-order chi connectivity index (χ1) is 13.0. The van der Waals surface area contributed by atoms with Crippen LogP contribution in [0.3, 0.4) is 0 Å². The van der Waals surface area contributed by atoms with Crippen LogP contribution in [0, 0.1) is 5.92 Å². The highest BCUT2D eigenvalue weighted by atomic mass is 35.5. The zero-order chi connectivity index (χ0) is 19.2. The number of carbonyl (C=O) groups is 2. The Morgan fingerprint density at radius 3 is 2.48 bits per heavy atom. The number of nitrogens with one attached hydrogen (secondary N) is 2. The minimum Gasteiger partial charge on any atom is -0.394 e. The van der Waals surface area contributed by atoms with Gasteiger partial charge in [0.05, 0.1) is 25.2 Å². The van der Waals surface area contributed by atoms with Crippen LogP contribution in [0.2, 0.25) is 5.02 Å². The van der Waals surface area contributed by atoms with Gasteiger partial charge in [-0.15, -0.1) is 0 Å². The third-order valence-electron chi connectivity index (χ3n) is 5.13. The Kier molecular flexibility index (Phi) is 7.10. The molecule has 0 unspecified atom stereocenters. The lowest BCUT2D eigenvalue weighted by Crippen LogP contribution is -2.51. The molecular weight excluding hydrogens is 368 g/mol. The summed E-state index contributed by atoms with van der Waals surface area (Å²) in [5.74, 6) is 0.464. The summed E-state index contributed by atoms with van der Waals surface area (Å²) in [6.45, 7) is 0.267. The maximum Gasteiger partial charge on any atom is 0.222 e. The van der Waals surface area contributed by atoms with Crippen LogP contribution in [0.4, 0.5) is 0 Å². The van der Waals surface area contributed by atoms with E-state index in [0.29, 0.717) is 36.7 Å². The highest BCUT2D eigenvalue weighted by Gasteiger charge is 2.34. The van der Waals surface area contributed by atoms with Gasteiger partial charge in [0.1, 0.15) is 6.10 Å². The number of ether oxygens (including phenoxy) is 1. The van der Waals surface area contributed by atoms with E-state index in [9.17, 15) is 14.7 Å². The van der Waals surface area contributed by atoms with Gasteiger partial charge in [-0.2, -0.15) is 0 Å². The Morgan fingerprint density at radius 2 is 1.81 bits per heavy atom. The minimum absolute atomic E-state index is 0.0312. The van der Waals surface area contributed by atoms with Crippen LogP contribution >= 0.6 is 11.6 Å². The molecule has 2 fully saturated rings. The molecule has 6 nitrogen and oxygen atoms in total. The molecule has 3 N–H and O–H groups in total. The van der Waals surface area contributed by atoms with Gasteiger partial charge in [0.25, 0.3) is 0 Å². The van der Waals surface area contributed by atoms with Crippen molar-refractivity contribution in [2.24, 2.45) is 5.92 Å². The van der Waals surface area contributed by atoms with Gasteiger partial charge in [0.2, 0.25) is 11.8 Å². The molecule has 27 heavy (non-hydrogen) atoms. The van der Waals surface area contributed by atoms with Crippen molar-refractivity contribution in [1.29, 1.82) is 0 Å². The van der Waals surface area contributed by atoms with E-state index in [1.54, 1.807) is 12.1 Å². The molecule has 0 radical (unpaired) electrons. The van der Waals surface area contributed by atoms with Crippen LogP contribution in [0.5, 0.6) is 0 Å². The molecule has 148 valence electrons. The lowest BCUT2D eigenvalue weighted by Gasteiger charge is -2.36. The summed E-state index contributed by atoms with van der Waals surface area (Å²) in [5.41, 5.74) is 0.976. The summed E-state index contributed by atoms with van der Waals surface area (Å²) in [7, 11) is 0. The highest BCUT2D eigenvalue weighted by Crippen LogP contribution is 2.32. The first-order valence-corrected chi connectivity index (χ1v) is 9.98. The van der Waals surface area contributed by atoms with Crippen LogP contribution in [-0.4, -0.2) is 41.8 Å². The van der Waals surface area contributed by atoms with E-state index in [4.69, 9.17) is 16.3 Å². The van der Waals surface area contributed by atoms with Crippen molar-refractivity contribution >= 4 is 23.4 Å². The van der Waals surface area contributed by atoms with Crippen molar-refractivity contribution < 1.29 is 19.4 Å². The van der Waals surface area contributed by atoms with Crippen molar-refractivity contribution in [3.63, 3.8) is 0 Å². The molecule has 3 atom stereocenters. The van der Waals surface area contributed by atoms with Crippen LogP contribution < -0.4 is 10.6 Å². The number of benzene rings is 1. The summed E-state index contributed by atoms with van der Waals surface area (Å²) >= 11 is 5.85. The molecule has 1 aromatic rings. The van der Waals surface area contributed by atoms with E-state index >= 15 is 0 Å². The summed E-state index contributed by atoms with van der Waals surface area (Å²) in [6, 6.07) is 7.13. The Hall–Kier alpha value is -1.63. The number of amides is 2. The number of halogens is 1. The predicted molar refractivity (Wildman–Crippen MR) is 102 cm³/mol. The first kappa shape index (κ1) is 20.1. The number of carbonyl (C=O) groups excluding carboxylic acids is 2. The Balaban J connectivity index is 1.40. The zero-order valence-corrected chi connectivity index (χ0v) is 16.1. The van der Waals surface area contributed by atoms with Gasteiger partial charge in [-0.25, -0.2) is 0 Å². The normalized spacial score (nSPS) is 25.0. The molecular formula is C20H27ClN2O4. The van der Waals surface area contributed by atoms with Gasteiger partial charge in [-0.1, -0.05) is 23.7 Å². The fraction of sp³-hybridized carbons (Fsp3) is 0.600. The molecule has 0 spiro atoms. The summed E-state index contributed by atoms with van der Waals surface area (Å²) < 4.78 is 5.87. The maximum absolute atomic E-state index is 12.2. The van der Waals surface area contributed by atoms with Crippen molar-refractivity contribution in [3.8, 4) is 0 Å². The third-order valence-corrected chi connectivity index (χ3v) is 5.38. The molecule has 2 amide bonds. The van der Waals surface area contributed by atoms with E-state index in [-0.39, 0.29) is 37.0 Å². The fourth-order valence-corrected chi connectivity index (χ4v) is 3.50. The largest absolute Gasteiger partial charge is 0.394 e. The highest BCUT2D eigenvalue weighted by molar-refractivity contribution is 6.30. The average Bonchev–Trinajstić information content (AvgIpc) is 3.46. The molecule has 7 heteroatoms. The quantitative estimate of drug-likeness (QED) is 0.630. The molecule has 0 bridgehead atoms. The smallest absolute Gasteiger partial charge is 0.222 e. The molecule has 1 aliphatic carbocycles. The molecule has 1 aliphatic heterocycles. The van der Waals surface area contributed by atoms with E-state index in [2.05, 4.69) is 10.6 Å². The van der Waals surface area contributed by atoms with Crippen molar-refractivity contribution in [3.05, 3.63) is 34.9 Å².